The predicted molar refractivity (Wildman–Crippen MR) is 77.4 cm³/mol. The minimum Gasteiger partial charge on any atom is -0.371 e. The summed E-state index contributed by atoms with van der Waals surface area (Å²) in [4.78, 5) is 4.66. The summed E-state index contributed by atoms with van der Waals surface area (Å²) in [6.45, 7) is 4.08. The first-order chi connectivity index (χ1) is 9.28. The van der Waals surface area contributed by atoms with Gasteiger partial charge >= 0.3 is 0 Å². The summed E-state index contributed by atoms with van der Waals surface area (Å²) < 4.78 is 0. The van der Waals surface area contributed by atoms with Crippen molar-refractivity contribution in [2.24, 2.45) is 5.73 Å². The third kappa shape index (κ3) is 2.39. The number of nitriles is 1. The first-order valence-electron chi connectivity index (χ1n) is 7.07. The van der Waals surface area contributed by atoms with Gasteiger partial charge in [-0.05, 0) is 37.5 Å². The van der Waals surface area contributed by atoms with E-state index in [9.17, 15) is 5.26 Å². The van der Waals surface area contributed by atoms with Gasteiger partial charge in [0.05, 0.1) is 11.3 Å². The largest absolute Gasteiger partial charge is 0.371 e. The van der Waals surface area contributed by atoms with Crippen molar-refractivity contribution < 1.29 is 0 Å². The lowest BCUT2D eigenvalue weighted by Gasteiger charge is -2.23. The maximum Gasteiger partial charge on any atom is 0.101 e. The summed E-state index contributed by atoms with van der Waals surface area (Å²) in [5.41, 5.74) is 9.04. The maximum absolute atomic E-state index is 9.28. The van der Waals surface area contributed by atoms with Crippen LogP contribution in [0.1, 0.15) is 24.8 Å². The van der Waals surface area contributed by atoms with Crippen LogP contribution >= 0.6 is 0 Å². The highest BCUT2D eigenvalue weighted by atomic mass is 15.2. The average Bonchev–Trinajstić information content (AvgIpc) is 3.09. The highest BCUT2D eigenvalue weighted by molar-refractivity contribution is 5.67. The highest BCUT2D eigenvalue weighted by Crippen LogP contribution is 2.30. The molecule has 0 unspecified atom stereocenters. The lowest BCUT2D eigenvalue weighted by molar-refractivity contribution is 0.752. The van der Waals surface area contributed by atoms with Crippen molar-refractivity contribution in [3.05, 3.63) is 23.8 Å². The Morgan fingerprint density at radius 1 is 1.16 bits per heavy atom. The van der Waals surface area contributed by atoms with E-state index in [1.165, 1.54) is 18.5 Å². The molecular weight excluding hydrogens is 236 g/mol. The summed E-state index contributed by atoms with van der Waals surface area (Å²) >= 11 is 0. The van der Waals surface area contributed by atoms with Gasteiger partial charge in [0.25, 0.3) is 0 Å². The SMILES string of the molecule is N#Cc1ccc(N2CCCC2)cc1N1CC[C@H](N)C1. The van der Waals surface area contributed by atoms with E-state index in [0.29, 0.717) is 0 Å². The molecule has 3 rings (SSSR count). The van der Waals surface area contributed by atoms with E-state index in [0.717, 1.165) is 43.9 Å². The van der Waals surface area contributed by atoms with Crippen LogP contribution < -0.4 is 15.5 Å². The quantitative estimate of drug-likeness (QED) is 0.875. The van der Waals surface area contributed by atoms with Gasteiger partial charge in [0.1, 0.15) is 6.07 Å². The Labute approximate surface area is 114 Å². The summed E-state index contributed by atoms with van der Waals surface area (Å²) in [5, 5.41) is 9.28. The van der Waals surface area contributed by atoms with E-state index < -0.39 is 0 Å². The van der Waals surface area contributed by atoms with Gasteiger partial charge in [0.2, 0.25) is 0 Å². The lowest BCUT2D eigenvalue weighted by Crippen LogP contribution is -2.27. The number of rotatable bonds is 2. The van der Waals surface area contributed by atoms with Crippen LogP contribution in [0.3, 0.4) is 0 Å². The molecule has 2 N–H and O–H groups in total. The molecule has 0 aromatic heterocycles. The van der Waals surface area contributed by atoms with E-state index in [1.807, 2.05) is 6.07 Å². The monoisotopic (exact) mass is 256 g/mol. The van der Waals surface area contributed by atoms with Crippen molar-refractivity contribution in [3.8, 4) is 6.07 Å². The molecule has 2 aliphatic rings. The third-order valence-electron chi connectivity index (χ3n) is 4.14. The fraction of sp³-hybridized carbons (Fsp3) is 0.533. The van der Waals surface area contributed by atoms with Crippen molar-refractivity contribution in [1.29, 1.82) is 5.26 Å². The number of anilines is 2. The first kappa shape index (κ1) is 12.3. The van der Waals surface area contributed by atoms with Gasteiger partial charge in [-0.15, -0.1) is 0 Å². The molecule has 1 atom stereocenters. The zero-order chi connectivity index (χ0) is 13.2. The minimum absolute atomic E-state index is 0.238. The van der Waals surface area contributed by atoms with Gasteiger partial charge in [-0.25, -0.2) is 0 Å². The standard InChI is InChI=1S/C15H20N4/c16-10-12-3-4-14(18-6-1-2-7-18)9-15(12)19-8-5-13(17)11-19/h3-4,9,13H,1-2,5-8,11,17H2/t13-/m0/s1. The minimum atomic E-state index is 0.238. The molecular formula is C15H20N4. The van der Waals surface area contributed by atoms with Crippen molar-refractivity contribution in [2.75, 3.05) is 36.0 Å². The second-order valence-electron chi connectivity index (χ2n) is 5.50. The normalized spacial score (nSPS) is 22.8. The molecule has 0 amide bonds. The van der Waals surface area contributed by atoms with Crippen LogP contribution in [0.4, 0.5) is 11.4 Å². The number of nitrogens with two attached hydrogens (primary N) is 1. The summed E-state index contributed by atoms with van der Waals surface area (Å²) in [7, 11) is 0. The molecule has 2 fully saturated rings. The molecule has 0 radical (unpaired) electrons. The maximum atomic E-state index is 9.28. The number of hydrogen-bond donors (Lipinski definition) is 1. The smallest absolute Gasteiger partial charge is 0.101 e. The topological polar surface area (TPSA) is 56.3 Å². The van der Waals surface area contributed by atoms with Crippen molar-refractivity contribution in [3.63, 3.8) is 0 Å². The zero-order valence-corrected chi connectivity index (χ0v) is 11.2. The summed E-state index contributed by atoms with van der Waals surface area (Å²) in [5.74, 6) is 0. The molecule has 4 heteroatoms. The van der Waals surface area contributed by atoms with Crippen LogP contribution in [0.15, 0.2) is 18.2 Å². The lowest BCUT2D eigenvalue weighted by atomic mass is 10.1. The van der Waals surface area contributed by atoms with Crippen LogP contribution in [0.2, 0.25) is 0 Å². The van der Waals surface area contributed by atoms with Crippen molar-refractivity contribution in [2.45, 2.75) is 25.3 Å². The molecule has 0 bridgehead atoms. The van der Waals surface area contributed by atoms with E-state index in [-0.39, 0.29) is 6.04 Å². The van der Waals surface area contributed by atoms with E-state index in [4.69, 9.17) is 5.73 Å². The molecule has 19 heavy (non-hydrogen) atoms. The fourth-order valence-electron chi connectivity index (χ4n) is 3.05. The molecule has 1 aromatic carbocycles. The Morgan fingerprint density at radius 2 is 1.95 bits per heavy atom. The van der Waals surface area contributed by atoms with Gasteiger partial charge in [0, 0.05) is 37.9 Å². The molecule has 0 spiro atoms. The van der Waals surface area contributed by atoms with Gasteiger partial charge < -0.3 is 15.5 Å². The summed E-state index contributed by atoms with van der Waals surface area (Å²) in [6, 6.07) is 8.73. The first-order valence-corrected chi connectivity index (χ1v) is 7.07. The molecule has 2 heterocycles. The number of nitrogens with zero attached hydrogens (tertiary/aromatic N) is 3. The molecule has 2 aliphatic heterocycles. The number of hydrogen-bond acceptors (Lipinski definition) is 4. The molecule has 2 saturated heterocycles. The Hall–Kier alpha value is -1.73. The molecule has 0 aliphatic carbocycles. The third-order valence-corrected chi connectivity index (χ3v) is 4.14. The zero-order valence-electron chi connectivity index (χ0n) is 11.2. The Balaban J connectivity index is 1.91. The fourth-order valence-corrected chi connectivity index (χ4v) is 3.05. The van der Waals surface area contributed by atoms with Crippen molar-refractivity contribution >= 4 is 11.4 Å². The van der Waals surface area contributed by atoms with Gasteiger partial charge in [-0.1, -0.05) is 0 Å². The average molecular weight is 256 g/mol. The molecule has 1 aromatic rings. The van der Waals surface area contributed by atoms with Crippen LogP contribution in [0.5, 0.6) is 0 Å². The van der Waals surface area contributed by atoms with Crippen LogP contribution in [0, 0.1) is 11.3 Å². The van der Waals surface area contributed by atoms with Gasteiger partial charge in [-0.2, -0.15) is 5.26 Å². The summed E-state index contributed by atoms with van der Waals surface area (Å²) in [6.07, 6.45) is 3.55. The van der Waals surface area contributed by atoms with Crippen molar-refractivity contribution in [1.82, 2.24) is 0 Å². The predicted octanol–water partition coefficient (Wildman–Crippen LogP) is 1.70. The Morgan fingerprint density at radius 3 is 2.58 bits per heavy atom. The van der Waals surface area contributed by atoms with E-state index in [1.54, 1.807) is 0 Å². The highest BCUT2D eigenvalue weighted by Gasteiger charge is 2.23. The second kappa shape index (κ2) is 5.10. The van der Waals surface area contributed by atoms with E-state index in [2.05, 4.69) is 28.0 Å². The Bertz CT molecular complexity index is 499. The van der Waals surface area contributed by atoms with Gasteiger partial charge in [-0.3, -0.25) is 0 Å². The van der Waals surface area contributed by atoms with Crippen LogP contribution in [-0.4, -0.2) is 32.2 Å². The second-order valence-corrected chi connectivity index (χ2v) is 5.50. The van der Waals surface area contributed by atoms with Gasteiger partial charge in [0.15, 0.2) is 0 Å². The number of benzene rings is 1. The van der Waals surface area contributed by atoms with Crippen LogP contribution in [-0.2, 0) is 0 Å². The van der Waals surface area contributed by atoms with Crippen LogP contribution in [0.25, 0.3) is 0 Å². The molecule has 100 valence electrons. The molecule has 0 saturated carbocycles. The Kier molecular flexibility index (Phi) is 3.31. The molecule has 4 nitrogen and oxygen atoms in total. The van der Waals surface area contributed by atoms with E-state index >= 15 is 0 Å².